The van der Waals surface area contributed by atoms with Crippen LogP contribution in [-0.2, 0) is 9.53 Å². The van der Waals surface area contributed by atoms with Crippen molar-refractivity contribution in [2.24, 2.45) is 0 Å². The number of nitriles is 1. The van der Waals surface area contributed by atoms with Gasteiger partial charge in [0.25, 0.3) is 5.91 Å². The molecule has 3 atom stereocenters. The van der Waals surface area contributed by atoms with Crippen LogP contribution in [0.1, 0.15) is 30.0 Å². The summed E-state index contributed by atoms with van der Waals surface area (Å²) in [5.74, 6) is -0.0981. The maximum Gasteiger partial charge on any atom is 0.266 e. The van der Waals surface area contributed by atoms with Gasteiger partial charge in [0.15, 0.2) is 0 Å². The Bertz CT molecular complexity index is 922. The fourth-order valence-corrected chi connectivity index (χ4v) is 4.10. The van der Waals surface area contributed by atoms with Gasteiger partial charge in [-0.1, -0.05) is 12.1 Å². The van der Waals surface area contributed by atoms with Gasteiger partial charge in [0.05, 0.1) is 22.2 Å². The molecule has 0 N–H and O–H groups in total. The Morgan fingerprint density at radius 1 is 1.29 bits per heavy atom. The Morgan fingerprint density at radius 2 is 2.07 bits per heavy atom. The van der Waals surface area contributed by atoms with Crippen molar-refractivity contribution in [1.29, 1.82) is 5.26 Å². The summed E-state index contributed by atoms with van der Waals surface area (Å²) in [4.78, 5) is 14.6. The van der Waals surface area contributed by atoms with Crippen molar-refractivity contribution in [3.63, 3.8) is 0 Å². The number of likely N-dealkylation sites (tertiary alicyclic amines) is 1. The van der Waals surface area contributed by atoms with E-state index in [-0.39, 0.29) is 23.9 Å². The van der Waals surface area contributed by atoms with Gasteiger partial charge < -0.3 is 14.4 Å². The molecule has 2 fully saturated rings. The smallest absolute Gasteiger partial charge is 0.266 e. The molecule has 2 aromatic carbocycles. The second-order valence-electron chi connectivity index (χ2n) is 6.92. The van der Waals surface area contributed by atoms with Gasteiger partial charge in [-0.3, -0.25) is 4.79 Å². The molecule has 5 nitrogen and oxygen atoms in total. The number of carbonyl (C=O) groups excluding carboxylic acids is 1. The molecule has 0 aromatic heterocycles. The SMILES string of the molecule is N#Cc1ccc([C@@H]2[C@H](Oc3ccc(F)cc3Br)C(=O)N2C[C@H]2CCCO2)cc1. The summed E-state index contributed by atoms with van der Waals surface area (Å²) < 4.78 is 25.5. The Morgan fingerprint density at radius 3 is 2.71 bits per heavy atom. The zero-order valence-electron chi connectivity index (χ0n) is 15.0. The lowest BCUT2D eigenvalue weighted by Crippen LogP contribution is -2.62. The van der Waals surface area contributed by atoms with Crippen LogP contribution < -0.4 is 4.74 Å². The molecule has 0 aliphatic carbocycles. The first-order chi connectivity index (χ1) is 13.6. The van der Waals surface area contributed by atoms with Gasteiger partial charge in [-0.25, -0.2) is 4.39 Å². The normalized spacial score (nSPS) is 24.0. The second kappa shape index (κ2) is 7.90. The van der Waals surface area contributed by atoms with Crippen LogP contribution in [0, 0.1) is 17.1 Å². The monoisotopic (exact) mass is 444 g/mol. The lowest BCUT2D eigenvalue weighted by atomic mass is 9.89. The molecule has 144 valence electrons. The topological polar surface area (TPSA) is 62.6 Å². The number of benzene rings is 2. The second-order valence-corrected chi connectivity index (χ2v) is 7.77. The quantitative estimate of drug-likeness (QED) is 0.654. The molecule has 2 aromatic rings. The number of hydrogen-bond acceptors (Lipinski definition) is 4. The summed E-state index contributed by atoms with van der Waals surface area (Å²) in [5.41, 5.74) is 1.44. The summed E-state index contributed by atoms with van der Waals surface area (Å²) in [5, 5.41) is 9.03. The van der Waals surface area contributed by atoms with E-state index in [1.807, 2.05) is 12.1 Å². The maximum absolute atomic E-state index is 13.4. The molecule has 0 unspecified atom stereocenters. The van der Waals surface area contributed by atoms with E-state index in [1.165, 1.54) is 18.2 Å². The van der Waals surface area contributed by atoms with Gasteiger partial charge in [0, 0.05) is 13.2 Å². The predicted molar refractivity (Wildman–Crippen MR) is 103 cm³/mol. The van der Waals surface area contributed by atoms with Crippen molar-refractivity contribution < 1.29 is 18.7 Å². The Hall–Kier alpha value is -2.43. The Balaban J connectivity index is 1.59. The molecule has 1 amide bonds. The molecule has 7 heteroatoms. The van der Waals surface area contributed by atoms with Gasteiger partial charge in [-0.05, 0) is 64.7 Å². The number of amides is 1. The van der Waals surface area contributed by atoms with Crippen molar-refractivity contribution in [3.05, 3.63) is 63.9 Å². The summed E-state index contributed by atoms with van der Waals surface area (Å²) in [6.07, 6.45) is 1.25. The number of β-lactam (4-membered cyclic amide) rings is 1. The van der Waals surface area contributed by atoms with Crippen LogP contribution in [-0.4, -0.2) is 36.2 Å². The van der Waals surface area contributed by atoms with E-state index in [0.717, 1.165) is 25.0 Å². The highest BCUT2D eigenvalue weighted by Crippen LogP contribution is 2.40. The molecule has 28 heavy (non-hydrogen) atoms. The van der Waals surface area contributed by atoms with E-state index in [9.17, 15) is 9.18 Å². The van der Waals surface area contributed by atoms with Crippen molar-refractivity contribution in [2.75, 3.05) is 13.2 Å². The number of hydrogen-bond donors (Lipinski definition) is 0. The minimum atomic E-state index is -0.712. The van der Waals surface area contributed by atoms with Crippen LogP contribution in [0.4, 0.5) is 4.39 Å². The van der Waals surface area contributed by atoms with E-state index < -0.39 is 6.10 Å². The minimum Gasteiger partial charge on any atom is -0.477 e. The lowest BCUT2D eigenvalue weighted by Gasteiger charge is -2.47. The van der Waals surface area contributed by atoms with E-state index >= 15 is 0 Å². The van der Waals surface area contributed by atoms with Crippen molar-refractivity contribution in [2.45, 2.75) is 31.1 Å². The third-order valence-electron chi connectivity index (χ3n) is 5.10. The molecule has 0 saturated carbocycles. The molecular weight excluding hydrogens is 427 g/mol. The molecule has 2 aliphatic rings. The highest BCUT2D eigenvalue weighted by molar-refractivity contribution is 9.10. The van der Waals surface area contributed by atoms with Crippen LogP contribution in [0.25, 0.3) is 0 Å². The summed E-state index contributed by atoms with van der Waals surface area (Å²) in [7, 11) is 0. The van der Waals surface area contributed by atoms with Crippen molar-refractivity contribution >= 4 is 21.8 Å². The fraction of sp³-hybridized carbons (Fsp3) is 0.333. The van der Waals surface area contributed by atoms with Crippen LogP contribution in [0.3, 0.4) is 0 Å². The van der Waals surface area contributed by atoms with Gasteiger partial charge in [-0.2, -0.15) is 5.26 Å². The molecule has 2 saturated heterocycles. The molecular formula is C21H18BrFN2O3. The van der Waals surface area contributed by atoms with Gasteiger partial charge in [0.2, 0.25) is 6.10 Å². The number of halogens is 2. The molecule has 4 rings (SSSR count). The van der Waals surface area contributed by atoms with Crippen molar-refractivity contribution in [1.82, 2.24) is 4.90 Å². The summed E-state index contributed by atoms with van der Waals surface area (Å²) in [6.45, 7) is 1.23. The fourth-order valence-electron chi connectivity index (χ4n) is 3.66. The number of nitrogens with zero attached hydrogens (tertiary/aromatic N) is 2. The average Bonchev–Trinajstić information content (AvgIpc) is 3.21. The molecule has 2 heterocycles. The minimum absolute atomic E-state index is 0.0309. The first kappa shape index (κ1) is 18.9. The predicted octanol–water partition coefficient (Wildman–Crippen LogP) is 3.97. The van der Waals surface area contributed by atoms with Crippen LogP contribution in [0.2, 0.25) is 0 Å². The van der Waals surface area contributed by atoms with Crippen LogP contribution >= 0.6 is 15.9 Å². The summed E-state index contributed by atoms with van der Waals surface area (Å²) >= 11 is 3.28. The largest absolute Gasteiger partial charge is 0.477 e. The third-order valence-corrected chi connectivity index (χ3v) is 5.72. The zero-order valence-corrected chi connectivity index (χ0v) is 16.6. The third kappa shape index (κ3) is 3.62. The van der Waals surface area contributed by atoms with Crippen LogP contribution in [0.15, 0.2) is 46.9 Å². The molecule has 0 radical (unpaired) electrons. The standard InChI is InChI=1S/C21H18BrFN2O3/c22-17-10-15(23)7-8-18(17)28-20-19(14-5-3-13(11-24)4-6-14)25(21(20)26)12-16-2-1-9-27-16/h3-8,10,16,19-20H,1-2,9,12H2/t16-,19-,20+/m1/s1. The lowest BCUT2D eigenvalue weighted by molar-refractivity contribution is -0.167. The highest BCUT2D eigenvalue weighted by atomic mass is 79.9. The van der Waals surface area contributed by atoms with Gasteiger partial charge in [-0.15, -0.1) is 0 Å². The number of carbonyl (C=O) groups is 1. The zero-order chi connectivity index (χ0) is 19.7. The molecule has 0 spiro atoms. The highest BCUT2D eigenvalue weighted by Gasteiger charge is 2.51. The first-order valence-electron chi connectivity index (χ1n) is 9.10. The van der Waals surface area contributed by atoms with E-state index in [4.69, 9.17) is 14.7 Å². The van der Waals surface area contributed by atoms with E-state index in [2.05, 4.69) is 22.0 Å². The molecule has 2 aliphatic heterocycles. The Labute approximate surface area is 170 Å². The molecule has 0 bridgehead atoms. The maximum atomic E-state index is 13.4. The van der Waals surface area contributed by atoms with Gasteiger partial charge >= 0.3 is 0 Å². The van der Waals surface area contributed by atoms with E-state index in [0.29, 0.717) is 22.3 Å². The van der Waals surface area contributed by atoms with Crippen LogP contribution in [0.5, 0.6) is 5.75 Å². The van der Waals surface area contributed by atoms with Gasteiger partial charge in [0.1, 0.15) is 17.6 Å². The summed E-state index contributed by atoms with van der Waals surface area (Å²) in [6, 6.07) is 13.1. The Kier molecular flexibility index (Phi) is 5.33. The number of ether oxygens (including phenoxy) is 2. The van der Waals surface area contributed by atoms with E-state index in [1.54, 1.807) is 17.0 Å². The number of rotatable bonds is 5. The first-order valence-corrected chi connectivity index (χ1v) is 9.90. The van der Waals surface area contributed by atoms with Crippen molar-refractivity contribution in [3.8, 4) is 11.8 Å². The average molecular weight is 445 g/mol.